The zero-order valence-electron chi connectivity index (χ0n) is 9.28. The van der Waals surface area contributed by atoms with Crippen LogP contribution in [0.3, 0.4) is 0 Å². The van der Waals surface area contributed by atoms with Crippen molar-refractivity contribution in [3.8, 4) is 0 Å². The summed E-state index contributed by atoms with van der Waals surface area (Å²) in [7, 11) is 0. The maximum absolute atomic E-state index is 9.72. The van der Waals surface area contributed by atoms with Crippen LogP contribution in [0.5, 0.6) is 0 Å². The van der Waals surface area contributed by atoms with Gasteiger partial charge in [0.25, 0.3) is 0 Å². The van der Waals surface area contributed by atoms with Crippen molar-refractivity contribution in [3.63, 3.8) is 0 Å². The minimum absolute atomic E-state index is 0.755. The van der Waals surface area contributed by atoms with E-state index >= 15 is 0 Å². The Kier molecular flexibility index (Phi) is 4.82. The van der Waals surface area contributed by atoms with Crippen LogP contribution in [0.25, 0.3) is 11.0 Å². The lowest BCUT2D eigenvalue weighted by Crippen LogP contribution is -2.22. The molecule has 0 saturated carbocycles. The number of aliphatic carboxylic acids is 2. The van der Waals surface area contributed by atoms with Crippen molar-refractivity contribution >= 4 is 23.0 Å². The molecule has 7 nitrogen and oxygen atoms in total. The third-order valence-electron chi connectivity index (χ3n) is 1.98. The number of hydrogen-bond donors (Lipinski definition) is 4. The molecule has 2 aromatic rings. The summed E-state index contributed by atoms with van der Waals surface area (Å²) in [5.41, 5.74) is 2.12. The van der Waals surface area contributed by atoms with Crippen molar-refractivity contribution in [1.82, 2.24) is 9.97 Å². The number of aliphatic hydroxyl groups is 1. The van der Waals surface area contributed by atoms with Crippen molar-refractivity contribution in [3.05, 3.63) is 30.6 Å². The number of nitrogens with one attached hydrogen (secondary N) is 1. The normalized spacial score (nSPS) is 11.4. The third kappa shape index (κ3) is 4.22. The Bertz CT molecular complexity index is 507. The van der Waals surface area contributed by atoms with Gasteiger partial charge in [0.2, 0.25) is 0 Å². The monoisotopic (exact) mass is 252 g/mol. The number of hydrogen-bond acceptors (Lipinski definition) is 4. The first-order valence-electron chi connectivity index (χ1n) is 5.01. The molecule has 1 aromatic heterocycles. The van der Waals surface area contributed by atoms with Crippen LogP contribution in [0.1, 0.15) is 6.42 Å². The smallest absolute Gasteiger partial charge is 0.333 e. The van der Waals surface area contributed by atoms with E-state index in [9.17, 15) is 9.59 Å². The van der Waals surface area contributed by atoms with E-state index in [-0.39, 0.29) is 0 Å². The lowest BCUT2D eigenvalue weighted by molar-refractivity contribution is -0.152. The molecule has 96 valence electrons. The standard InChI is InChI=1S/C7H6N2.C4H6O5/c1-2-4-7-6(3-1)8-5-9-7;5-2(4(8)9)1-3(6)7/h1-5H,(H,8,9);2,5H,1H2,(H,6,7)(H,8,9). The van der Waals surface area contributed by atoms with Crippen molar-refractivity contribution in [2.45, 2.75) is 12.5 Å². The van der Waals surface area contributed by atoms with Gasteiger partial charge in [0, 0.05) is 0 Å². The quantitative estimate of drug-likeness (QED) is 0.629. The number of carbonyl (C=O) groups is 2. The highest BCUT2D eigenvalue weighted by Crippen LogP contribution is 2.05. The number of fused-ring (bicyclic) bond motifs is 1. The predicted octanol–water partition coefficient (Wildman–Crippen LogP) is 0.469. The maximum Gasteiger partial charge on any atom is 0.333 e. The van der Waals surface area contributed by atoms with Crippen LogP contribution in [0.2, 0.25) is 0 Å². The first-order valence-corrected chi connectivity index (χ1v) is 5.01. The number of H-pyrrole nitrogens is 1. The number of imidazole rings is 1. The van der Waals surface area contributed by atoms with Crippen LogP contribution in [0, 0.1) is 0 Å². The number of benzene rings is 1. The Morgan fingerprint density at radius 1 is 1.28 bits per heavy atom. The molecule has 1 atom stereocenters. The summed E-state index contributed by atoms with van der Waals surface area (Å²) in [6.45, 7) is 0. The van der Waals surface area contributed by atoms with E-state index in [1.54, 1.807) is 6.33 Å². The van der Waals surface area contributed by atoms with Crippen LogP contribution in [0.15, 0.2) is 30.6 Å². The van der Waals surface area contributed by atoms with E-state index < -0.39 is 24.5 Å². The maximum atomic E-state index is 9.72. The molecule has 0 bridgehead atoms. The van der Waals surface area contributed by atoms with Crippen LogP contribution in [0.4, 0.5) is 0 Å². The number of aromatic amines is 1. The van der Waals surface area contributed by atoms with Gasteiger partial charge in [-0.15, -0.1) is 0 Å². The number of carboxylic acids is 2. The van der Waals surface area contributed by atoms with Gasteiger partial charge in [-0.2, -0.15) is 0 Å². The lowest BCUT2D eigenvalue weighted by atomic mass is 10.3. The molecule has 0 aliphatic heterocycles. The Balaban J connectivity index is 0.000000180. The van der Waals surface area contributed by atoms with E-state index in [1.165, 1.54) is 0 Å². The molecular weight excluding hydrogens is 240 g/mol. The zero-order chi connectivity index (χ0) is 13.5. The highest BCUT2D eigenvalue weighted by molar-refractivity contribution is 5.79. The Hall–Kier alpha value is -2.41. The fourth-order valence-corrected chi connectivity index (χ4v) is 1.13. The SMILES string of the molecule is O=C(O)CC(O)C(=O)O.c1ccc2[nH]cnc2c1. The van der Waals surface area contributed by atoms with Crippen LogP contribution in [-0.4, -0.2) is 43.3 Å². The van der Waals surface area contributed by atoms with E-state index in [0.29, 0.717) is 0 Å². The second-order valence-electron chi connectivity index (χ2n) is 3.37. The molecule has 1 unspecified atom stereocenters. The first kappa shape index (κ1) is 13.7. The summed E-state index contributed by atoms with van der Waals surface area (Å²) < 4.78 is 0. The fraction of sp³-hybridized carbons (Fsp3) is 0.182. The van der Waals surface area contributed by atoms with E-state index in [1.807, 2.05) is 24.3 Å². The molecule has 0 fully saturated rings. The average molecular weight is 252 g/mol. The fourth-order valence-electron chi connectivity index (χ4n) is 1.13. The van der Waals surface area contributed by atoms with Gasteiger partial charge in [0.1, 0.15) is 0 Å². The summed E-state index contributed by atoms with van der Waals surface area (Å²) in [6, 6.07) is 7.94. The number of aliphatic hydroxyl groups excluding tert-OH is 1. The van der Waals surface area contributed by atoms with Crippen molar-refractivity contribution < 1.29 is 24.9 Å². The number of rotatable bonds is 3. The average Bonchev–Trinajstić information content (AvgIpc) is 2.76. The van der Waals surface area contributed by atoms with Gasteiger partial charge in [-0.1, -0.05) is 12.1 Å². The van der Waals surface area contributed by atoms with Crippen molar-refractivity contribution in [2.75, 3.05) is 0 Å². The Labute approximate surface area is 102 Å². The number of aromatic nitrogens is 2. The first-order chi connectivity index (χ1) is 8.50. The van der Waals surface area contributed by atoms with Gasteiger partial charge in [-0.3, -0.25) is 4.79 Å². The molecular formula is C11H12N2O5. The van der Waals surface area contributed by atoms with Crippen LogP contribution >= 0.6 is 0 Å². The summed E-state index contributed by atoms with van der Waals surface area (Å²) in [5, 5.41) is 24.1. The molecule has 0 amide bonds. The summed E-state index contributed by atoms with van der Waals surface area (Å²) >= 11 is 0. The molecule has 7 heteroatoms. The topological polar surface area (TPSA) is 124 Å². The second-order valence-corrected chi connectivity index (χ2v) is 3.37. The lowest BCUT2D eigenvalue weighted by Gasteiger charge is -1.97. The molecule has 0 radical (unpaired) electrons. The van der Waals surface area contributed by atoms with E-state index in [4.69, 9.17) is 15.3 Å². The molecule has 0 saturated heterocycles. The molecule has 4 N–H and O–H groups in total. The highest BCUT2D eigenvalue weighted by atomic mass is 16.4. The molecule has 1 aromatic carbocycles. The minimum atomic E-state index is -1.79. The van der Waals surface area contributed by atoms with Gasteiger partial charge >= 0.3 is 11.9 Å². The van der Waals surface area contributed by atoms with Gasteiger partial charge in [0.05, 0.1) is 23.8 Å². The zero-order valence-corrected chi connectivity index (χ0v) is 9.28. The summed E-state index contributed by atoms with van der Waals surface area (Å²) in [4.78, 5) is 26.5. The largest absolute Gasteiger partial charge is 0.481 e. The van der Waals surface area contributed by atoms with Gasteiger partial charge in [0.15, 0.2) is 6.10 Å². The molecule has 0 aliphatic carbocycles. The minimum Gasteiger partial charge on any atom is -0.481 e. The number of carboxylic acid groups (broad SMARTS) is 2. The second kappa shape index (κ2) is 6.36. The molecule has 0 aliphatic rings. The van der Waals surface area contributed by atoms with Crippen LogP contribution in [-0.2, 0) is 9.59 Å². The Morgan fingerprint density at radius 2 is 1.94 bits per heavy atom. The molecule has 0 spiro atoms. The number of nitrogens with zero attached hydrogens (tertiary/aromatic N) is 1. The van der Waals surface area contributed by atoms with Crippen molar-refractivity contribution in [1.29, 1.82) is 0 Å². The third-order valence-corrected chi connectivity index (χ3v) is 1.98. The van der Waals surface area contributed by atoms with Gasteiger partial charge in [-0.25, -0.2) is 9.78 Å². The van der Waals surface area contributed by atoms with Crippen molar-refractivity contribution in [2.24, 2.45) is 0 Å². The number of para-hydroxylation sites is 2. The molecule has 18 heavy (non-hydrogen) atoms. The molecule has 2 rings (SSSR count). The van der Waals surface area contributed by atoms with E-state index in [0.717, 1.165) is 11.0 Å². The van der Waals surface area contributed by atoms with Gasteiger partial charge in [-0.05, 0) is 12.1 Å². The molecule has 1 heterocycles. The highest BCUT2D eigenvalue weighted by Gasteiger charge is 2.16. The van der Waals surface area contributed by atoms with E-state index in [2.05, 4.69) is 9.97 Å². The summed E-state index contributed by atoms with van der Waals surface area (Å²) in [6.07, 6.45) is -0.845. The van der Waals surface area contributed by atoms with Gasteiger partial charge < -0.3 is 20.3 Å². The summed E-state index contributed by atoms with van der Waals surface area (Å²) in [5.74, 6) is -2.85. The van der Waals surface area contributed by atoms with Crippen LogP contribution < -0.4 is 0 Å². The Morgan fingerprint density at radius 3 is 2.44 bits per heavy atom. The predicted molar refractivity (Wildman–Crippen MR) is 62.0 cm³/mol.